The highest BCUT2D eigenvalue weighted by atomic mass is 16.4. The summed E-state index contributed by atoms with van der Waals surface area (Å²) < 4.78 is 0. The number of nitrogens with one attached hydrogen (secondary N) is 1. The first-order chi connectivity index (χ1) is 8.69. The van der Waals surface area contributed by atoms with E-state index in [9.17, 15) is 4.79 Å². The summed E-state index contributed by atoms with van der Waals surface area (Å²) in [6.45, 7) is 0. The number of aromatic carboxylic acids is 1. The van der Waals surface area contributed by atoms with Gasteiger partial charge in [-0.1, -0.05) is 0 Å². The Morgan fingerprint density at radius 2 is 2.00 bits per heavy atom. The van der Waals surface area contributed by atoms with Crippen LogP contribution in [0.4, 0.5) is 11.5 Å². The van der Waals surface area contributed by atoms with Crippen LogP contribution in [0, 0.1) is 11.3 Å². The molecule has 0 saturated heterocycles. The summed E-state index contributed by atoms with van der Waals surface area (Å²) >= 11 is 0. The Kier molecular flexibility index (Phi) is 3.16. The van der Waals surface area contributed by atoms with Crippen LogP contribution in [0.2, 0.25) is 0 Å². The van der Waals surface area contributed by atoms with Gasteiger partial charge in [0.1, 0.15) is 5.82 Å². The summed E-state index contributed by atoms with van der Waals surface area (Å²) in [5.74, 6) is -0.800. The quantitative estimate of drug-likeness (QED) is 0.848. The zero-order valence-electron chi connectivity index (χ0n) is 9.16. The average Bonchev–Trinajstić information content (AvgIpc) is 2.40. The fourth-order valence-electron chi connectivity index (χ4n) is 1.31. The van der Waals surface area contributed by atoms with Crippen LogP contribution in [-0.2, 0) is 0 Å². The summed E-state index contributed by atoms with van der Waals surface area (Å²) in [6, 6.07) is 8.71. The third-order valence-electron chi connectivity index (χ3n) is 2.14. The number of rotatable bonds is 3. The lowest BCUT2D eigenvalue weighted by atomic mass is 10.2. The van der Waals surface area contributed by atoms with Crippen molar-refractivity contribution in [2.45, 2.75) is 0 Å². The number of carbonyl (C=O) groups is 1. The molecule has 1 aromatic carbocycles. The van der Waals surface area contributed by atoms with Gasteiger partial charge < -0.3 is 10.4 Å². The second-order valence-electron chi connectivity index (χ2n) is 3.41. The predicted octanol–water partition coefficient (Wildman–Crippen LogP) is 1.79. The normalized spacial score (nSPS) is 9.50. The molecule has 0 atom stereocenters. The van der Waals surface area contributed by atoms with E-state index in [-0.39, 0.29) is 5.69 Å². The average molecular weight is 240 g/mol. The molecule has 0 bridgehead atoms. The highest BCUT2D eigenvalue weighted by molar-refractivity contribution is 5.85. The van der Waals surface area contributed by atoms with E-state index in [0.29, 0.717) is 17.1 Å². The summed E-state index contributed by atoms with van der Waals surface area (Å²) in [6.07, 6.45) is 2.59. The molecule has 0 amide bonds. The van der Waals surface area contributed by atoms with Crippen LogP contribution >= 0.6 is 0 Å². The van der Waals surface area contributed by atoms with Crippen molar-refractivity contribution >= 4 is 17.5 Å². The highest BCUT2D eigenvalue weighted by Gasteiger charge is 2.06. The molecular weight excluding hydrogens is 232 g/mol. The van der Waals surface area contributed by atoms with Crippen molar-refractivity contribution in [3.63, 3.8) is 0 Å². The first kappa shape index (κ1) is 11.5. The van der Waals surface area contributed by atoms with Crippen LogP contribution in [-0.4, -0.2) is 21.0 Å². The minimum absolute atomic E-state index is 0.131. The maximum Gasteiger partial charge on any atom is 0.356 e. The number of nitriles is 1. The van der Waals surface area contributed by atoms with Gasteiger partial charge >= 0.3 is 5.97 Å². The molecular formula is C12H8N4O2. The molecule has 1 aromatic heterocycles. The number of carboxylic acids is 1. The molecule has 6 nitrogen and oxygen atoms in total. The van der Waals surface area contributed by atoms with Gasteiger partial charge in [-0.15, -0.1) is 0 Å². The number of hydrogen-bond acceptors (Lipinski definition) is 5. The van der Waals surface area contributed by atoms with Gasteiger partial charge in [0.25, 0.3) is 0 Å². The Labute approximate surface area is 103 Å². The van der Waals surface area contributed by atoms with Crippen LogP contribution in [0.15, 0.2) is 36.7 Å². The van der Waals surface area contributed by atoms with Crippen molar-refractivity contribution in [2.75, 3.05) is 5.32 Å². The molecule has 0 fully saturated rings. The van der Waals surface area contributed by atoms with Gasteiger partial charge in [-0.25, -0.2) is 9.78 Å². The smallest absolute Gasteiger partial charge is 0.356 e. The molecule has 0 unspecified atom stereocenters. The maximum atomic E-state index is 10.7. The molecule has 88 valence electrons. The molecule has 2 aromatic rings. The largest absolute Gasteiger partial charge is 0.476 e. The van der Waals surface area contributed by atoms with E-state index in [1.54, 1.807) is 24.3 Å². The van der Waals surface area contributed by atoms with E-state index < -0.39 is 5.97 Å². The fraction of sp³-hybridized carbons (Fsp3) is 0. The zero-order chi connectivity index (χ0) is 13.0. The fourth-order valence-corrected chi connectivity index (χ4v) is 1.31. The van der Waals surface area contributed by atoms with Gasteiger partial charge in [0, 0.05) is 5.69 Å². The Morgan fingerprint density at radius 3 is 2.61 bits per heavy atom. The first-order valence-corrected chi connectivity index (χ1v) is 5.01. The van der Waals surface area contributed by atoms with Crippen LogP contribution in [0.3, 0.4) is 0 Å². The molecule has 0 aliphatic rings. The van der Waals surface area contributed by atoms with Gasteiger partial charge in [0.2, 0.25) is 0 Å². The highest BCUT2D eigenvalue weighted by Crippen LogP contribution is 2.14. The van der Waals surface area contributed by atoms with E-state index >= 15 is 0 Å². The lowest BCUT2D eigenvalue weighted by Crippen LogP contribution is -2.03. The monoisotopic (exact) mass is 240 g/mol. The zero-order valence-corrected chi connectivity index (χ0v) is 9.16. The van der Waals surface area contributed by atoms with E-state index in [0.717, 1.165) is 0 Å². The predicted molar refractivity (Wildman–Crippen MR) is 63.4 cm³/mol. The van der Waals surface area contributed by atoms with Crippen LogP contribution in [0.1, 0.15) is 16.1 Å². The summed E-state index contributed by atoms with van der Waals surface area (Å²) in [7, 11) is 0. The standard InChI is InChI=1S/C12H8N4O2/c13-5-8-1-3-9(4-2-8)15-11-7-14-6-10(16-11)12(17)18/h1-4,6-7H,(H,15,16)(H,17,18). The third-order valence-corrected chi connectivity index (χ3v) is 2.14. The Bertz CT molecular complexity index is 617. The molecule has 0 radical (unpaired) electrons. The number of anilines is 2. The van der Waals surface area contributed by atoms with Gasteiger partial charge in [-0.2, -0.15) is 5.26 Å². The lowest BCUT2D eigenvalue weighted by molar-refractivity contribution is 0.0690. The molecule has 6 heteroatoms. The van der Waals surface area contributed by atoms with E-state index in [2.05, 4.69) is 15.3 Å². The van der Waals surface area contributed by atoms with Crippen molar-refractivity contribution in [1.29, 1.82) is 5.26 Å². The van der Waals surface area contributed by atoms with Crippen molar-refractivity contribution in [2.24, 2.45) is 0 Å². The molecule has 0 aliphatic heterocycles. The number of nitrogens with zero attached hydrogens (tertiary/aromatic N) is 3. The Hall–Kier alpha value is -2.94. The first-order valence-electron chi connectivity index (χ1n) is 5.01. The summed E-state index contributed by atoms with van der Waals surface area (Å²) in [4.78, 5) is 18.4. The van der Waals surface area contributed by atoms with Crippen molar-refractivity contribution in [1.82, 2.24) is 9.97 Å². The molecule has 0 saturated carbocycles. The second-order valence-corrected chi connectivity index (χ2v) is 3.41. The van der Waals surface area contributed by atoms with E-state index in [1.807, 2.05) is 6.07 Å². The lowest BCUT2D eigenvalue weighted by Gasteiger charge is -2.05. The number of hydrogen-bond donors (Lipinski definition) is 2. The van der Waals surface area contributed by atoms with E-state index in [4.69, 9.17) is 10.4 Å². The van der Waals surface area contributed by atoms with Gasteiger partial charge in [0.15, 0.2) is 5.69 Å². The SMILES string of the molecule is N#Cc1ccc(Nc2cncc(C(=O)O)n2)cc1. The van der Waals surface area contributed by atoms with Crippen LogP contribution < -0.4 is 5.32 Å². The second kappa shape index (κ2) is 4.93. The van der Waals surface area contributed by atoms with Crippen LogP contribution in [0.5, 0.6) is 0 Å². The third kappa shape index (κ3) is 2.59. The minimum atomic E-state index is -1.13. The van der Waals surface area contributed by atoms with Gasteiger partial charge in [0.05, 0.1) is 24.0 Å². The van der Waals surface area contributed by atoms with E-state index in [1.165, 1.54) is 12.4 Å². The molecule has 0 spiro atoms. The molecule has 18 heavy (non-hydrogen) atoms. The Balaban J connectivity index is 2.20. The Morgan fingerprint density at radius 1 is 1.28 bits per heavy atom. The topological polar surface area (TPSA) is 98.9 Å². The molecule has 1 heterocycles. The van der Waals surface area contributed by atoms with Crippen molar-refractivity contribution in [3.05, 3.63) is 47.9 Å². The molecule has 2 N–H and O–H groups in total. The number of benzene rings is 1. The molecule has 0 aliphatic carbocycles. The van der Waals surface area contributed by atoms with Gasteiger partial charge in [-0.05, 0) is 24.3 Å². The van der Waals surface area contributed by atoms with Crippen LogP contribution in [0.25, 0.3) is 0 Å². The van der Waals surface area contributed by atoms with Gasteiger partial charge in [-0.3, -0.25) is 4.98 Å². The van der Waals surface area contributed by atoms with Crippen molar-refractivity contribution < 1.29 is 9.90 Å². The maximum absolute atomic E-state index is 10.7. The summed E-state index contributed by atoms with van der Waals surface area (Å²) in [5.41, 5.74) is 1.12. The van der Waals surface area contributed by atoms with Crippen molar-refractivity contribution in [3.8, 4) is 6.07 Å². The molecule has 2 rings (SSSR count). The minimum Gasteiger partial charge on any atom is -0.476 e. The summed E-state index contributed by atoms with van der Waals surface area (Å²) in [5, 5.41) is 20.3. The number of carboxylic acid groups (broad SMARTS) is 1. The number of aromatic nitrogens is 2.